The molecule has 1 aliphatic heterocycles. The maximum atomic E-state index is 6.26. The molecule has 17 heavy (non-hydrogen) atoms. The molecule has 3 fully saturated rings. The first-order valence-corrected chi connectivity index (χ1v) is 7.17. The van der Waals surface area contributed by atoms with E-state index in [2.05, 4.69) is 34.6 Å². The quantitative estimate of drug-likeness (QED) is 0.642. The highest BCUT2D eigenvalue weighted by Gasteiger charge is 2.63. The van der Waals surface area contributed by atoms with Gasteiger partial charge in [0.25, 0.3) is 0 Å². The summed E-state index contributed by atoms with van der Waals surface area (Å²) < 4.78 is 12.5. The van der Waals surface area contributed by atoms with Crippen LogP contribution in [0.4, 0.5) is 0 Å². The molecule has 0 radical (unpaired) electrons. The van der Waals surface area contributed by atoms with E-state index in [4.69, 9.17) is 9.47 Å². The van der Waals surface area contributed by atoms with Gasteiger partial charge in [0, 0.05) is 12.3 Å². The van der Waals surface area contributed by atoms with Gasteiger partial charge in [-0.05, 0) is 43.9 Å². The highest BCUT2D eigenvalue weighted by atomic mass is 16.8. The van der Waals surface area contributed by atoms with Crippen LogP contribution in [0.5, 0.6) is 0 Å². The van der Waals surface area contributed by atoms with Crippen LogP contribution in [-0.2, 0) is 9.47 Å². The minimum absolute atomic E-state index is 0.223. The molecule has 0 aromatic heterocycles. The van der Waals surface area contributed by atoms with Gasteiger partial charge in [-0.2, -0.15) is 0 Å². The van der Waals surface area contributed by atoms with Crippen molar-refractivity contribution in [2.24, 2.45) is 23.2 Å². The van der Waals surface area contributed by atoms with E-state index in [-0.39, 0.29) is 18.0 Å². The Bertz CT molecular complexity index is 307. The van der Waals surface area contributed by atoms with Crippen molar-refractivity contribution in [3.8, 4) is 0 Å². The van der Waals surface area contributed by atoms with Gasteiger partial charge in [-0.15, -0.1) is 0 Å². The lowest BCUT2D eigenvalue weighted by atomic mass is 9.70. The van der Waals surface area contributed by atoms with Crippen molar-refractivity contribution >= 4 is 0 Å². The molecule has 0 N–H and O–H groups in total. The second-order valence-electron chi connectivity index (χ2n) is 7.56. The third-order valence-corrected chi connectivity index (χ3v) is 5.26. The van der Waals surface area contributed by atoms with Crippen LogP contribution in [0.1, 0.15) is 53.9 Å². The fourth-order valence-electron chi connectivity index (χ4n) is 3.77. The Morgan fingerprint density at radius 1 is 1.00 bits per heavy atom. The van der Waals surface area contributed by atoms with Crippen LogP contribution in [0.3, 0.4) is 0 Å². The molecule has 1 heterocycles. The Morgan fingerprint density at radius 3 is 2.12 bits per heavy atom. The Kier molecular flexibility index (Phi) is 2.45. The van der Waals surface area contributed by atoms with E-state index in [0.717, 1.165) is 18.3 Å². The van der Waals surface area contributed by atoms with Gasteiger partial charge in [-0.25, -0.2) is 0 Å². The van der Waals surface area contributed by atoms with Crippen molar-refractivity contribution in [3.05, 3.63) is 0 Å². The topological polar surface area (TPSA) is 18.5 Å². The molecule has 2 saturated carbocycles. The maximum absolute atomic E-state index is 6.26. The molecule has 1 saturated heterocycles. The second-order valence-corrected chi connectivity index (χ2v) is 7.56. The first kappa shape index (κ1) is 12.0. The van der Waals surface area contributed by atoms with Gasteiger partial charge in [-0.1, -0.05) is 20.8 Å². The molecule has 5 atom stereocenters. The number of hydrogen-bond donors (Lipinski definition) is 0. The molecular weight excluding hydrogens is 212 g/mol. The predicted molar refractivity (Wildman–Crippen MR) is 67.6 cm³/mol. The van der Waals surface area contributed by atoms with Crippen molar-refractivity contribution in [1.82, 2.24) is 0 Å². The Hall–Kier alpha value is -0.0800. The molecule has 3 rings (SSSR count). The predicted octanol–water partition coefficient (Wildman–Crippen LogP) is 3.60. The lowest BCUT2D eigenvalue weighted by Gasteiger charge is -2.42. The minimum Gasteiger partial charge on any atom is -0.344 e. The van der Waals surface area contributed by atoms with Gasteiger partial charge in [0.05, 0.1) is 12.2 Å². The third kappa shape index (κ3) is 1.84. The highest BCUT2D eigenvalue weighted by molar-refractivity contribution is 5.07. The molecule has 1 spiro atoms. The number of fused-ring (bicyclic) bond motifs is 2. The van der Waals surface area contributed by atoms with Crippen molar-refractivity contribution < 1.29 is 9.47 Å². The zero-order valence-corrected chi connectivity index (χ0v) is 11.8. The van der Waals surface area contributed by atoms with Crippen molar-refractivity contribution in [3.63, 3.8) is 0 Å². The van der Waals surface area contributed by atoms with E-state index in [0.29, 0.717) is 11.3 Å². The third-order valence-electron chi connectivity index (χ3n) is 5.26. The van der Waals surface area contributed by atoms with E-state index in [1.165, 1.54) is 12.8 Å². The standard InChI is InChI=1S/C15H26O2/c1-9-10(2)17-15(16-9)8-12(14(3,4)5)6-11-7-13(11)15/h9-13H,6-8H2,1-5H3/t9-,10-,11-,12-,13+/m0/s1. The number of hydrogen-bond acceptors (Lipinski definition) is 2. The maximum Gasteiger partial charge on any atom is 0.172 e. The van der Waals surface area contributed by atoms with Crippen molar-refractivity contribution in [2.45, 2.75) is 71.9 Å². The van der Waals surface area contributed by atoms with Gasteiger partial charge in [0.15, 0.2) is 5.79 Å². The lowest BCUT2D eigenvalue weighted by Crippen LogP contribution is -2.43. The van der Waals surface area contributed by atoms with Gasteiger partial charge in [0.2, 0.25) is 0 Å². The van der Waals surface area contributed by atoms with Crippen LogP contribution >= 0.6 is 0 Å². The Labute approximate surface area is 105 Å². The summed E-state index contributed by atoms with van der Waals surface area (Å²) in [4.78, 5) is 0. The molecule has 2 heteroatoms. The normalized spacial score (nSPS) is 48.2. The van der Waals surface area contributed by atoms with Gasteiger partial charge in [-0.3, -0.25) is 0 Å². The molecule has 0 amide bonds. The summed E-state index contributed by atoms with van der Waals surface area (Å²) in [6.07, 6.45) is 4.33. The van der Waals surface area contributed by atoms with Crippen LogP contribution < -0.4 is 0 Å². The molecule has 3 aliphatic rings. The first-order chi connectivity index (χ1) is 7.82. The fourth-order valence-corrected chi connectivity index (χ4v) is 3.77. The molecule has 0 aromatic carbocycles. The first-order valence-electron chi connectivity index (χ1n) is 7.17. The Morgan fingerprint density at radius 2 is 1.59 bits per heavy atom. The van der Waals surface area contributed by atoms with Crippen LogP contribution in [0.15, 0.2) is 0 Å². The van der Waals surface area contributed by atoms with E-state index in [9.17, 15) is 0 Å². The minimum atomic E-state index is -0.223. The summed E-state index contributed by atoms with van der Waals surface area (Å²) in [7, 11) is 0. The zero-order valence-electron chi connectivity index (χ0n) is 11.8. The number of ether oxygens (including phenoxy) is 2. The number of rotatable bonds is 0. The SMILES string of the molecule is C[C@@H]1OC2(C[C@@H](C(C)(C)C)C[C@H]3C[C@H]32)O[C@H]1C. The van der Waals surface area contributed by atoms with E-state index >= 15 is 0 Å². The van der Waals surface area contributed by atoms with Gasteiger partial charge >= 0.3 is 0 Å². The average Bonchev–Trinajstić information content (AvgIpc) is 2.90. The average molecular weight is 238 g/mol. The van der Waals surface area contributed by atoms with E-state index < -0.39 is 0 Å². The molecule has 2 aliphatic carbocycles. The molecule has 2 nitrogen and oxygen atoms in total. The van der Waals surface area contributed by atoms with Crippen LogP contribution in [-0.4, -0.2) is 18.0 Å². The summed E-state index contributed by atoms with van der Waals surface area (Å²) >= 11 is 0. The highest BCUT2D eigenvalue weighted by Crippen LogP contribution is 2.63. The lowest BCUT2D eigenvalue weighted by molar-refractivity contribution is -0.218. The summed E-state index contributed by atoms with van der Waals surface area (Å²) in [5.74, 6) is 2.07. The molecular formula is C15H26O2. The molecule has 0 aromatic rings. The van der Waals surface area contributed by atoms with Crippen LogP contribution in [0.2, 0.25) is 0 Å². The monoisotopic (exact) mass is 238 g/mol. The summed E-state index contributed by atoms with van der Waals surface area (Å²) in [5, 5.41) is 0. The van der Waals surface area contributed by atoms with Gasteiger partial charge in [0.1, 0.15) is 0 Å². The van der Waals surface area contributed by atoms with E-state index in [1.807, 2.05) is 0 Å². The fraction of sp³-hybridized carbons (Fsp3) is 1.00. The smallest absolute Gasteiger partial charge is 0.172 e. The summed E-state index contributed by atoms with van der Waals surface area (Å²) in [5.41, 5.74) is 0.377. The van der Waals surface area contributed by atoms with E-state index in [1.54, 1.807) is 0 Å². The van der Waals surface area contributed by atoms with Crippen molar-refractivity contribution in [2.75, 3.05) is 0 Å². The largest absolute Gasteiger partial charge is 0.344 e. The second kappa shape index (κ2) is 3.48. The van der Waals surface area contributed by atoms with Gasteiger partial charge < -0.3 is 9.47 Å². The zero-order chi connectivity index (χ0) is 12.4. The Balaban J connectivity index is 1.82. The van der Waals surface area contributed by atoms with Crippen LogP contribution in [0, 0.1) is 23.2 Å². The van der Waals surface area contributed by atoms with Crippen molar-refractivity contribution in [1.29, 1.82) is 0 Å². The summed E-state index contributed by atoms with van der Waals surface area (Å²) in [6, 6.07) is 0. The molecule has 98 valence electrons. The van der Waals surface area contributed by atoms with Crippen LogP contribution in [0.25, 0.3) is 0 Å². The summed E-state index contributed by atoms with van der Waals surface area (Å²) in [6.45, 7) is 11.4. The molecule has 0 bridgehead atoms. The molecule has 0 unspecified atom stereocenters.